The summed E-state index contributed by atoms with van der Waals surface area (Å²) in [4.78, 5) is 8.32. The Labute approximate surface area is 136 Å². The molecular weight excluding hydrogens is 323 g/mol. The quantitative estimate of drug-likeness (QED) is 0.876. The third-order valence-electron chi connectivity index (χ3n) is 3.91. The van der Waals surface area contributed by atoms with E-state index in [0.717, 1.165) is 18.4 Å². The van der Waals surface area contributed by atoms with Crippen LogP contribution in [0.1, 0.15) is 24.1 Å². The zero-order valence-corrected chi connectivity index (χ0v) is 12.9. The Bertz CT molecular complexity index is 700. The summed E-state index contributed by atoms with van der Waals surface area (Å²) < 4.78 is 45.7. The molecule has 1 aromatic heterocycles. The Morgan fingerprint density at radius 1 is 1.12 bits per heavy atom. The van der Waals surface area contributed by atoms with Crippen LogP contribution in [0.15, 0.2) is 36.7 Å². The maximum Gasteiger partial charge on any atom is 0.573 e. The van der Waals surface area contributed by atoms with Crippen LogP contribution in [0.3, 0.4) is 0 Å². The number of hydrogen-bond donors (Lipinski definition) is 1. The van der Waals surface area contributed by atoms with Crippen LogP contribution in [0.25, 0.3) is 0 Å². The van der Waals surface area contributed by atoms with E-state index in [0.29, 0.717) is 18.1 Å². The third-order valence-corrected chi connectivity index (χ3v) is 3.91. The van der Waals surface area contributed by atoms with Crippen LogP contribution in [-0.4, -0.2) is 23.4 Å². The first-order chi connectivity index (χ1) is 11.4. The van der Waals surface area contributed by atoms with E-state index in [2.05, 4.69) is 20.0 Å². The second-order valence-corrected chi connectivity index (χ2v) is 5.52. The van der Waals surface area contributed by atoms with Crippen LogP contribution in [0.4, 0.5) is 13.2 Å². The van der Waals surface area contributed by atoms with Gasteiger partial charge in [0.2, 0.25) is 5.88 Å². The second kappa shape index (κ2) is 6.27. The van der Waals surface area contributed by atoms with E-state index in [-0.39, 0.29) is 11.3 Å². The van der Waals surface area contributed by atoms with Gasteiger partial charge in [-0.05, 0) is 30.5 Å². The molecule has 24 heavy (non-hydrogen) atoms. The van der Waals surface area contributed by atoms with Crippen molar-refractivity contribution in [3.63, 3.8) is 0 Å². The number of ether oxygens (including phenoxy) is 2. The van der Waals surface area contributed by atoms with Crippen LogP contribution in [0, 0.1) is 0 Å². The molecule has 0 spiro atoms. The third kappa shape index (κ3) is 3.76. The van der Waals surface area contributed by atoms with E-state index in [1.54, 1.807) is 24.5 Å². The number of nitrogens with zero attached hydrogens (tertiary/aromatic N) is 2. The first-order valence-electron chi connectivity index (χ1n) is 7.37. The molecule has 1 heterocycles. The lowest BCUT2D eigenvalue weighted by molar-refractivity contribution is -0.274. The molecule has 0 radical (unpaired) electrons. The number of halogens is 3. The molecule has 5 nitrogen and oxygen atoms in total. The van der Waals surface area contributed by atoms with Gasteiger partial charge in [0, 0.05) is 24.5 Å². The Hall–Kier alpha value is -2.35. The molecule has 1 aliphatic carbocycles. The van der Waals surface area contributed by atoms with E-state index < -0.39 is 6.36 Å². The van der Waals surface area contributed by atoms with Crippen LogP contribution >= 0.6 is 0 Å². The SMILES string of the molecule is COc1nccnc1CNC1(c2ccc(OC(F)(F)F)cc2)CC1. The van der Waals surface area contributed by atoms with Gasteiger partial charge in [0.1, 0.15) is 11.4 Å². The summed E-state index contributed by atoms with van der Waals surface area (Å²) in [5.41, 5.74) is 1.35. The molecule has 0 atom stereocenters. The molecule has 3 rings (SSSR count). The normalized spacial score (nSPS) is 15.8. The molecule has 128 valence electrons. The summed E-state index contributed by atoms with van der Waals surface area (Å²) in [7, 11) is 1.53. The van der Waals surface area contributed by atoms with Gasteiger partial charge >= 0.3 is 6.36 Å². The lowest BCUT2D eigenvalue weighted by Gasteiger charge is -2.19. The van der Waals surface area contributed by atoms with Crippen molar-refractivity contribution < 1.29 is 22.6 Å². The summed E-state index contributed by atoms with van der Waals surface area (Å²) in [5, 5.41) is 3.40. The Morgan fingerprint density at radius 3 is 2.38 bits per heavy atom. The lowest BCUT2D eigenvalue weighted by atomic mass is 10.0. The first kappa shape index (κ1) is 16.5. The predicted molar refractivity (Wildman–Crippen MR) is 79.5 cm³/mol. The minimum Gasteiger partial charge on any atom is -0.480 e. The fourth-order valence-electron chi connectivity index (χ4n) is 2.57. The number of rotatable bonds is 6. The van der Waals surface area contributed by atoms with E-state index in [4.69, 9.17) is 4.74 Å². The number of benzene rings is 1. The number of aromatic nitrogens is 2. The average Bonchev–Trinajstić information content (AvgIpc) is 3.33. The molecule has 0 amide bonds. The maximum absolute atomic E-state index is 12.2. The average molecular weight is 339 g/mol. The smallest absolute Gasteiger partial charge is 0.480 e. The van der Waals surface area contributed by atoms with Gasteiger partial charge in [0.05, 0.1) is 7.11 Å². The van der Waals surface area contributed by atoms with Crippen LogP contribution in [0.5, 0.6) is 11.6 Å². The maximum atomic E-state index is 12.2. The molecule has 1 fully saturated rings. The van der Waals surface area contributed by atoms with Crippen molar-refractivity contribution in [3.8, 4) is 11.6 Å². The van der Waals surface area contributed by atoms with Gasteiger partial charge in [0.25, 0.3) is 0 Å². The number of alkyl halides is 3. The monoisotopic (exact) mass is 339 g/mol. The molecule has 0 aliphatic heterocycles. The predicted octanol–water partition coefficient (Wildman–Crippen LogP) is 3.16. The van der Waals surface area contributed by atoms with Gasteiger partial charge in [-0.25, -0.2) is 4.98 Å². The van der Waals surface area contributed by atoms with Gasteiger partial charge in [-0.1, -0.05) is 12.1 Å². The molecule has 2 aromatic rings. The number of nitrogens with one attached hydrogen (secondary N) is 1. The van der Waals surface area contributed by atoms with Crippen molar-refractivity contribution >= 4 is 0 Å². The summed E-state index contributed by atoms with van der Waals surface area (Å²) in [6, 6.07) is 5.95. The minimum absolute atomic E-state index is 0.224. The molecular formula is C16H16F3N3O2. The van der Waals surface area contributed by atoms with Crippen molar-refractivity contribution in [1.29, 1.82) is 0 Å². The fourth-order valence-corrected chi connectivity index (χ4v) is 2.57. The summed E-state index contributed by atoms with van der Waals surface area (Å²) >= 11 is 0. The Balaban J connectivity index is 1.68. The number of hydrogen-bond acceptors (Lipinski definition) is 5. The van der Waals surface area contributed by atoms with Gasteiger partial charge < -0.3 is 14.8 Å². The Morgan fingerprint density at radius 2 is 1.79 bits per heavy atom. The first-order valence-corrected chi connectivity index (χ1v) is 7.37. The van der Waals surface area contributed by atoms with Gasteiger partial charge in [-0.2, -0.15) is 0 Å². The second-order valence-electron chi connectivity index (χ2n) is 5.52. The Kier molecular flexibility index (Phi) is 4.31. The zero-order chi connectivity index (χ0) is 17.2. The van der Waals surface area contributed by atoms with Gasteiger partial charge in [-0.15, -0.1) is 13.2 Å². The van der Waals surface area contributed by atoms with Crippen LogP contribution in [0.2, 0.25) is 0 Å². The zero-order valence-electron chi connectivity index (χ0n) is 12.9. The highest BCUT2D eigenvalue weighted by Gasteiger charge is 2.44. The van der Waals surface area contributed by atoms with Crippen LogP contribution in [-0.2, 0) is 12.1 Å². The lowest BCUT2D eigenvalue weighted by Crippen LogP contribution is -2.29. The van der Waals surface area contributed by atoms with Crippen molar-refractivity contribution in [1.82, 2.24) is 15.3 Å². The van der Waals surface area contributed by atoms with Gasteiger partial charge in [-0.3, -0.25) is 4.98 Å². The van der Waals surface area contributed by atoms with E-state index in [1.807, 2.05) is 0 Å². The standard InChI is InChI=1S/C16H16F3N3O2/c1-23-14-13(20-8-9-21-14)10-22-15(6-7-15)11-2-4-12(5-3-11)24-16(17,18)19/h2-5,8-9,22H,6-7,10H2,1H3. The van der Waals surface area contributed by atoms with E-state index in [9.17, 15) is 13.2 Å². The summed E-state index contributed by atoms with van der Waals surface area (Å²) in [6.45, 7) is 0.456. The fraction of sp³-hybridized carbons (Fsp3) is 0.375. The molecule has 1 saturated carbocycles. The molecule has 8 heteroatoms. The summed E-state index contributed by atoms with van der Waals surface area (Å²) in [5.74, 6) is 0.229. The van der Waals surface area contributed by atoms with Crippen molar-refractivity contribution in [2.24, 2.45) is 0 Å². The van der Waals surface area contributed by atoms with E-state index >= 15 is 0 Å². The molecule has 1 N–H and O–H groups in total. The topological polar surface area (TPSA) is 56.3 Å². The van der Waals surface area contributed by atoms with E-state index in [1.165, 1.54) is 19.2 Å². The van der Waals surface area contributed by atoms with Crippen LogP contribution < -0.4 is 14.8 Å². The molecule has 1 aliphatic rings. The highest BCUT2D eigenvalue weighted by atomic mass is 19.4. The highest BCUT2D eigenvalue weighted by Crippen LogP contribution is 2.46. The highest BCUT2D eigenvalue weighted by molar-refractivity contribution is 5.35. The largest absolute Gasteiger partial charge is 0.573 e. The molecule has 0 bridgehead atoms. The number of methoxy groups -OCH3 is 1. The van der Waals surface area contributed by atoms with Crippen molar-refractivity contribution in [3.05, 3.63) is 47.9 Å². The minimum atomic E-state index is -4.68. The molecule has 0 saturated heterocycles. The summed E-state index contributed by atoms with van der Waals surface area (Å²) in [6.07, 6.45) is 0.251. The van der Waals surface area contributed by atoms with Gasteiger partial charge in [0.15, 0.2) is 0 Å². The molecule has 0 unspecified atom stereocenters. The van der Waals surface area contributed by atoms with Crippen molar-refractivity contribution in [2.75, 3.05) is 7.11 Å². The molecule has 1 aromatic carbocycles. The van der Waals surface area contributed by atoms with Crippen molar-refractivity contribution in [2.45, 2.75) is 31.3 Å².